The number of nitrogens with zero attached hydrogens (tertiary/aromatic N) is 3. The number of rotatable bonds is 4. The Morgan fingerprint density at radius 3 is 2.89 bits per heavy atom. The summed E-state index contributed by atoms with van der Waals surface area (Å²) >= 11 is 4.51. The number of hydrogen-bond acceptors (Lipinski definition) is 6. The van der Waals surface area contributed by atoms with E-state index in [0.29, 0.717) is 13.2 Å². The second-order valence-corrected chi connectivity index (χ2v) is 5.78. The molecule has 1 aliphatic heterocycles. The van der Waals surface area contributed by atoms with Gasteiger partial charge in [0.2, 0.25) is 0 Å². The van der Waals surface area contributed by atoms with Crippen molar-refractivity contribution in [3.63, 3.8) is 0 Å². The molecule has 1 aromatic rings. The Morgan fingerprint density at radius 2 is 2.26 bits per heavy atom. The predicted molar refractivity (Wildman–Crippen MR) is 78.8 cm³/mol. The van der Waals surface area contributed by atoms with Crippen LogP contribution < -0.4 is 0 Å². The van der Waals surface area contributed by atoms with Crippen molar-refractivity contribution in [3.8, 4) is 0 Å². The number of morpholine rings is 1. The van der Waals surface area contributed by atoms with Crippen molar-refractivity contribution in [1.82, 2.24) is 5.01 Å². The van der Waals surface area contributed by atoms with E-state index in [1.807, 2.05) is 11.1 Å². The molecule has 0 saturated carbocycles. The first-order chi connectivity index (χ1) is 9.15. The van der Waals surface area contributed by atoms with Crippen molar-refractivity contribution in [3.05, 3.63) is 31.6 Å². The Balaban J connectivity index is 1.97. The Hall–Kier alpha value is -1.25. The van der Waals surface area contributed by atoms with Crippen LogP contribution in [0.2, 0.25) is 0 Å². The first-order valence-electron chi connectivity index (χ1n) is 5.63. The second kappa shape index (κ2) is 6.78. The average Bonchev–Trinajstić information content (AvgIpc) is 2.86. The van der Waals surface area contributed by atoms with Gasteiger partial charge in [0.25, 0.3) is 0 Å². The minimum Gasteiger partial charge on any atom is -0.378 e. The van der Waals surface area contributed by atoms with Crippen LogP contribution >= 0.6 is 27.3 Å². The molecule has 0 spiro atoms. The molecule has 0 aliphatic carbocycles. The quantitative estimate of drug-likeness (QED) is 0.478. The maximum Gasteiger partial charge on any atom is 0.324 e. The third kappa shape index (κ3) is 4.41. The minimum atomic E-state index is -0.391. The molecule has 1 fully saturated rings. The van der Waals surface area contributed by atoms with Crippen LogP contribution in [0.3, 0.4) is 0 Å². The maximum atomic E-state index is 10.6. The van der Waals surface area contributed by atoms with E-state index < -0.39 is 4.92 Å². The molecule has 1 aromatic heterocycles. The lowest BCUT2D eigenvalue weighted by molar-refractivity contribution is -0.380. The summed E-state index contributed by atoms with van der Waals surface area (Å²) in [7, 11) is 0. The highest BCUT2D eigenvalue weighted by Crippen LogP contribution is 2.26. The average molecular weight is 346 g/mol. The number of halogens is 1. The van der Waals surface area contributed by atoms with E-state index >= 15 is 0 Å². The third-order valence-corrected chi connectivity index (χ3v) is 3.82. The summed E-state index contributed by atoms with van der Waals surface area (Å²) in [6.45, 7) is 2.94. The Labute approximate surface area is 122 Å². The number of thiophene rings is 1. The zero-order chi connectivity index (χ0) is 13.7. The highest BCUT2D eigenvalue weighted by atomic mass is 79.9. The summed E-state index contributed by atoms with van der Waals surface area (Å²) in [6, 6.07) is 3.21. The van der Waals surface area contributed by atoms with Gasteiger partial charge in [-0.3, -0.25) is 15.1 Å². The zero-order valence-electron chi connectivity index (χ0n) is 9.99. The van der Waals surface area contributed by atoms with Crippen LogP contribution in [0.25, 0.3) is 6.08 Å². The number of hydrogen-bond donors (Lipinski definition) is 0. The molecule has 0 atom stereocenters. The molecule has 0 N–H and O–H groups in total. The normalized spacial score (nSPS) is 17.1. The molecular formula is C11H12BrN3O3S. The summed E-state index contributed by atoms with van der Waals surface area (Å²) in [5, 5.41) is 16.9. The zero-order valence-corrected chi connectivity index (χ0v) is 12.4. The smallest absolute Gasteiger partial charge is 0.324 e. The Bertz CT molecular complexity index is 509. The van der Waals surface area contributed by atoms with E-state index in [9.17, 15) is 10.1 Å². The van der Waals surface area contributed by atoms with E-state index in [1.165, 1.54) is 6.07 Å². The molecule has 8 heteroatoms. The number of nitro groups is 1. The van der Waals surface area contributed by atoms with Gasteiger partial charge in [0, 0.05) is 15.4 Å². The van der Waals surface area contributed by atoms with E-state index in [1.54, 1.807) is 12.3 Å². The highest BCUT2D eigenvalue weighted by Gasteiger charge is 2.09. The third-order valence-electron chi connectivity index (χ3n) is 2.40. The molecule has 1 saturated heterocycles. The summed E-state index contributed by atoms with van der Waals surface area (Å²) in [6.07, 6.45) is 3.50. The summed E-state index contributed by atoms with van der Waals surface area (Å²) in [5.41, 5.74) is 0. The van der Waals surface area contributed by atoms with E-state index in [4.69, 9.17) is 4.74 Å². The Morgan fingerprint density at radius 1 is 1.53 bits per heavy atom. The lowest BCUT2D eigenvalue weighted by atomic mass is 10.4. The molecular weight excluding hydrogens is 334 g/mol. The van der Waals surface area contributed by atoms with Crippen molar-refractivity contribution in [2.45, 2.75) is 0 Å². The molecule has 0 amide bonds. The van der Waals surface area contributed by atoms with Crippen molar-refractivity contribution < 1.29 is 9.66 Å². The van der Waals surface area contributed by atoms with Crippen LogP contribution in [0.15, 0.2) is 21.7 Å². The summed E-state index contributed by atoms with van der Waals surface area (Å²) in [4.78, 5) is 11.0. The van der Waals surface area contributed by atoms with Gasteiger partial charge in [-0.1, -0.05) is 11.3 Å². The van der Waals surface area contributed by atoms with Crippen LogP contribution in [0, 0.1) is 10.1 Å². The minimum absolute atomic E-state index is 0.136. The monoisotopic (exact) mass is 345 g/mol. The fourth-order valence-electron chi connectivity index (χ4n) is 1.50. The standard InChI is InChI=1S/C11H12BrN3O3S/c12-9(8-13-14-3-5-18-6-4-14)7-10-1-2-11(19-10)15(16)17/h1-2,7-8H,3-6H2. The molecule has 0 aromatic carbocycles. The van der Waals surface area contributed by atoms with E-state index in [-0.39, 0.29) is 5.00 Å². The van der Waals surface area contributed by atoms with Gasteiger partial charge in [0.05, 0.1) is 37.4 Å². The lowest BCUT2D eigenvalue weighted by Gasteiger charge is -2.23. The van der Waals surface area contributed by atoms with Gasteiger partial charge in [-0.2, -0.15) is 5.10 Å². The molecule has 1 aliphatic rings. The second-order valence-electron chi connectivity index (χ2n) is 3.77. The van der Waals surface area contributed by atoms with E-state index in [0.717, 1.165) is 33.8 Å². The topological polar surface area (TPSA) is 68.0 Å². The van der Waals surface area contributed by atoms with Crippen LogP contribution in [-0.4, -0.2) is 42.5 Å². The highest BCUT2D eigenvalue weighted by molar-refractivity contribution is 9.12. The molecule has 2 rings (SSSR count). The first-order valence-corrected chi connectivity index (χ1v) is 7.24. The SMILES string of the molecule is O=[N+]([O-])c1ccc(C=C(Br)C=NN2CCOCC2)s1. The first kappa shape index (κ1) is 14.2. The fraction of sp³-hybridized carbons (Fsp3) is 0.364. The van der Waals surface area contributed by atoms with Gasteiger partial charge in [-0.15, -0.1) is 0 Å². The van der Waals surface area contributed by atoms with Gasteiger partial charge in [-0.25, -0.2) is 0 Å². The van der Waals surface area contributed by atoms with Gasteiger partial charge in [0.15, 0.2) is 0 Å². The van der Waals surface area contributed by atoms with Crippen LogP contribution in [0.4, 0.5) is 5.00 Å². The van der Waals surface area contributed by atoms with Gasteiger partial charge >= 0.3 is 5.00 Å². The van der Waals surface area contributed by atoms with Crippen molar-refractivity contribution >= 4 is 44.6 Å². The summed E-state index contributed by atoms with van der Waals surface area (Å²) in [5.74, 6) is 0. The number of ether oxygens (including phenoxy) is 1. The van der Waals surface area contributed by atoms with E-state index in [2.05, 4.69) is 21.0 Å². The molecule has 6 nitrogen and oxygen atoms in total. The molecule has 2 heterocycles. The lowest BCUT2D eigenvalue weighted by Crippen LogP contribution is -2.32. The largest absolute Gasteiger partial charge is 0.378 e. The van der Waals surface area contributed by atoms with Gasteiger partial charge in [-0.05, 0) is 28.1 Å². The maximum absolute atomic E-state index is 10.6. The molecule has 0 radical (unpaired) electrons. The van der Waals surface area contributed by atoms with Crippen LogP contribution in [-0.2, 0) is 4.74 Å². The van der Waals surface area contributed by atoms with Crippen LogP contribution in [0.1, 0.15) is 4.88 Å². The molecule has 0 bridgehead atoms. The van der Waals surface area contributed by atoms with Crippen molar-refractivity contribution in [2.24, 2.45) is 5.10 Å². The van der Waals surface area contributed by atoms with Gasteiger partial charge in [0.1, 0.15) is 0 Å². The van der Waals surface area contributed by atoms with Crippen LogP contribution in [0.5, 0.6) is 0 Å². The van der Waals surface area contributed by atoms with Gasteiger partial charge < -0.3 is 4.74 Å². The molecule has 0 unspecified atom stereocenters. The summed E-state index contributed by atoms with van der Waals surface area (Å²) < 4.78 is 6.00. The molecule has 102 valence electrons. The number of allylic oxidation sites excluding steroid dienone is 1. The number of hydrazone groups is 1. The Kier molecular flexibility index (Phi) is 5.06. The van der Waals surface area contributed by atoms with Crippen molar-refractivity contribution in [1.29, 1.82) is 0 Å². The predicted octanol–water partition coefficient (Wildman–Crippen LogP) is 2.71. The van der Waals surface area contributed by atoms with Crippen molar-refractivity contribution in [2.75, 3.05) is 26.3 Å². The fourth-order valence-corrected chi connectivity index (χ4v) is 2.76. The molecule has 19 heavy (non-hydrogen) atoms.